The summed E-state index contributed by atoms with van der Waals surface area (Å²) in [4.78, 5) is 8.04. The molecular weight excluding hydrogens is 249 g/mol. The number of nitrogens with zero attached hydrogens (tertiary/aromatic N) is 3. The third-order valence-corrected chi connectivity index (χ3v) is 2.50. The van der Waals surface area contributed by atoms with E-state index in [1.807, 2.05) is 0 Å². The van der Waals surface area contributed by atoms with E-state index in [4.69, 9.17) is 4.52 Å². The summed E-state index contributed by atoms with van der Waals surface area (Å²) in [6.45, 7) is 0. The van der Waals surface area contributed by atoms with Gasteiger partial charge in [-0.2, -0.15) is 4.98 Å². The van der Waals surface area contributed by atoms with Crippen LogP contribution in [0.2, 0.25) is 0 Å². The van der Waals surface area contributed by atoms with Gasteiger partial charge in [0.2, 0.25) is 5.82 Å². The molecule has 3 rings (SSSR count). The largest absolute Gasteiger partial charge is 0.508 e. The van der Waals surface area contributed by atoms with E-state index in [1.54, 1.807) is 12.1 Å². The van der Waals surface area contributed by atoms with Gasteiger partial charge in [0.1, 0.15) is 17.3 Å². The van der Waals surface area contributed by atoms with Gasteiger partial charge in [0.05, 0.1) is 6.20 Å². The molecule has 0 spiro atoms. The highest BCUT2D eigenvalue weighted by Gasteiger charge is 2.11. The van der Waals surface area contributed by atoms with Crippen LogP contribution in [0, 0.1) is 5.82 Å². The van der Waals surface area contributed by atoms with Crippen LogP contribution in [0.25, 0.3) is 23.0 Å². The zero-order valence-electron chi connectivity index (χ0n) is 9.62. The molecule has 0 atom stereocenters. The van der Waals surface area contributed by atoms with E-state index in [9.17, 15) is 9.50 Å². The summed E-state index contributed by atoms with van der Waals surface area (Å²) in [5.41, 5.74) is 1.11. The lowest BCUT2D eigenvalue weighted by atomic mass is 10.2. The van der Waals surface area contributed by atoms with Crippen LogP contribution in [0.1, 0.15) is 0 Å². The standard InChI is InChI=1S/C13H8FN3O2/c14-9-3-6-11(15-7-9)12-16-13(19-17-12)8-1-4-10(18)5-2-8/h1-7,18H. The second-order valence-electron chi connectivity index (χ2n) is 3.83. The van der Waals surface area contributed by atoms with Crippen molar-refractivity contribution in [2.45, 2.75) is 0 Å². The first-order valence-corrected chi connectivity index (χ1v) is 5.47. The SMILES string of the molecule is Oc1ccc(-c2nc(-c3ccc(F)cn3)no2)cc1. The van der Waals surface area contributed by atoms with E-state index in [-0.39, 0.29) is 11.6 Å². The molecule has 0 bridgehead atoms. The zero-order chi connectivity index (χ0) is 13.2. The summed E-state index contributed by atoms with van der Waals surface area (Å²) in [5.74, 6) is 0.318. The maximum Gasteiger partial charge on any atom is 0.258 e. The number of hydrogen-bond donors (Lipinski definition) is 1. The van der Waals surface area contributed by atoms with Crippen LogP contribution in [0.3, 0.4) is 0 Å². The summed E-state index contributed by atoms with van der Waals surface area (Å²) < 4.78 is 17.9. The van der Waals surface area contributed by atoms with Crippen LogP contribution >= 0.6 is 0 Å². The van der Waals surface area contributed by atoms with E-state index in [2.05, 4.69) is 15.1 Å². The molecule has 0 unspecified atom stereocenters. The predicted octanol–water partition coefficient (Wildman–Crippen LogP) is 2.64. The normalized spacial score (nSPS) is 10.6. The molecule has 0 saturated heterocycles. The average molecular weight is 257 g/mol. The Hall–Kier alpha value is -2.76. The highest BCUT2D eigenvalue weighted by atomic mass is 19.1. The Labute approximate surface area is 107 Å². The number of benzene rings is 1. The van der Waals surface area contributed by atoms with Crippen LogP contribution in [-0.4, -0.2) is 20.2 Å². The lowest BCUT2D eigenvalue weighted by molar-refractivity contribution is 0.432. The molecule has 1 N–H and O–H groups in total. The maximum absolute atomic E-state index is 12.8. The summed E-state index contributed by atoms with van der Waals surface area (Å²) >= 11 is 0. The Bertz CT molecular complexity index is 633. The van der Waals surface area contributed by atoms with Crippen molar-refractivity contribution in [3.8, 4) is 28.7 Å². The third kappa shape index (κ3) is 2.28. The summed E-state index contributed by atoms with van der Waals surface area (Å²) in [7, 11) is 0. The summed E-state index contributed by atoms with van der Waals surface area (Å²) in [5, 5.41) is 13.0. The molecule has 0 saturated carbocycles. The molecule has 0 radical (unpaired) electrons. The molecule has 2 heterocycles. The minimum Gasteiger partial charge on any atom is -0.508 e. The van der Waals surface area contributed by atoms with Gasteiger partial charge in [0.25, 0.3) is 5.89 Å². The minimum absolute atomic E-state index is 0.156. The Morgan fingerprint density at radius 2 is 1.84 bits per heavy atom. The van der Waals surface area contributed by atoms with Gasteiger partial charge in [0.15, 0.2) is 0 Å². The van der Waals surface area contributed by atoms with Gasteiger partial charge in [0, 0.05) is 5.56 Å². The lowest BCUT2D eigenvalue weighted by Gasteiger charge is -1.94. The molecule has 2 aromatic heterocycles. The van der Waals surface area contributed by atoms with E-state index in [1.165, 1.54) is 24.3 Å². The fourth-order valence-corrected chi connectivity index (χ4v) is 1.56. The van der Waals surface area contributed by atoms with Crippen molar-refractivity contribution in [1.29, 1.82) is 0 Å². The molecule has 19 heavy (non-hydrogen) atoms. The van der Waals surface area contributed by atoms with Crippen LogP contribution in [-0.2, 0) is 0 Å². The van der Waals surface area contributed by atoms with Gasteiger partial charge in [-0.25, -0.2) is 9.37 Å². The van der Waals surface area contributed by atoms with E-state index < -0.39 is 5.82 Å². The van der Waals surface area contributed by atoms with Gasteiger partial charge in [-0.1, -0.05) is 5.16 Å². The van der Waals surface area contributed by atoms with Crippen molar-refractivity contribution >= 4 is 0 Å². The van der Waals surface area contributed by atoms with Crippen molar-refractivity contribution < 1.29 is 14.0 Å². The fraction of sp³-hybridized carbons (Fsp3) is 0. The molecule has 3 aromatic rings. The lowest BCUT2D eigenvalue weighted by Crippen LogP contribution is -1.86. The average Bonchev–Trinajstić information content (AvgIpc) is 2.90. The summed E-state index contributed by atoms with van der Waals surface area (Å²) in [6.07, 6.45) is 1.09. The highest BCUT2D eigenvalue weighted by molar-refractivity contribution is 5.57. The third-order valence-electron chi connectivity index (χ3n) is 2.50. The number of aromatic hydroxyl groups is 1. The second kappa shape index (κ2) is 4.49. The number of phenols is 1. The van der Waals surface area contributed by atoms with Crippen LogP contribution in [0.4, 0.5) is 4.39 Å². The molecule has 5 nitrogen and oxygen atoms in total. The van der Waals surface area contributed by atoms with Gasteiger partial charge in [-0.3, -0.25) is 0 Å². The van der Waals surface area contributed by atoms with E-state index in [0.29, 0.717) is 17.1 Å². The van der Waals surface area contributed by atoms with Crippen LogP contribution < -0.4 is 0 Å². The Balaban J connectivity index is 1.95. The Morgan fingerprint density at radius 1 is 1.05 bits per heavy atom. The van der Waals surface area contributed by atoms with E-state index >= 15 is 0 Å². The van der Waals surface area contributed by atoms with Gasteiger partial charge < -0.3 is 9.63 Å². The summed E-state index contributed by atoms with van der Waals surface area (Å²) in [6, 6.07) is 9.11. The fourth-order valence-electron chi connectivity index (χ4n) is 1.56. The molecule has 0 aliphatic carbocycles. The molecule has 1 aromatic carbocycles. The van der Waals surface area contributed by atoms with Gasteiger partial charge in [-0.15, -0.1) is 0 Å². The van der Waals surface area contributed by atoms with Crippen molar-refractivity contribution in [1.82, 2.24) is 15.1 Å². The highest BCUT2D eigenvalue weighted by Crippen LogP contribution is 2.22. The van der Waals surface area contributed by atoms with Gasteiger partial charge >= 0.3 is 0 Å². The molecule has 94 valence electrons. The Morgan fingerprint density at radius 3 is 2.53 bits per heavy atom. The monoisotopic (exact) mass is 257 g/mol. The topological polar surface area (TPSA) is 72.0 Å². The first-order chi connectivity index (χ1) is 9.22. The number of hydrogen-bond acceptors (Lipinski definition) is 5. The minimum atomic E-state index is -0.425. The van der Waals surface area contributed by atoms with Crippen molar-refractivity contribution in [3.05, 3.63) is 48.4 Å². The predicted molar refractivity (Wildman–Crippen MR) is 64.6 cm³/mol. The number of phenolic OH excluding ortho intramolecular Hbond substituents is 1. The smallest absolute Gasteiger partial charge is 0.258 e. The molecule has 0 fully saturated rings. The van der Waals surface area contributed by atoms with Crippen LogP contribution in [0.5, 0.6) is 5.75 Å². The van der Waals surface area contributed by atoms with Gasteiger partial charge in [-0.05, 0) is 36.4 Å². The first kappa shape index (κ1) is 11.3. The number of aromatic nitrogens is 3. The Kier molecular flexibility index (Phi) is 2.68. The van der Waals surface area contributed by atoms with E-state index in [0.717, 1.165) is 6.20 Å². The van der Waals surface area contributed by atoms with Crippen molar-refractivity contribution in [2.75, 3.05) is 0 Å². The zero-order valence-corrected chi connectivity index (χ0v) is 9.62. The molecular formula is C13H8FN3O2. The molecule has 0 aliphatic rings. The van der Waals surface area contributed by atoms with Crippen molar-refractivity contribution in [2.24, 2.45) is 0 Å². The first-order valence-electron chi connectivity index (χ1n) is 5.47. The number of rotatable bonds is 2. The number of halogens is 1. The molecule has 0 amide bonds. The van der Waals surface area contributed by atoms with Crippen LogP contribution in [0.15, 0.2) is 47.1 Å². The second-order valence-corrected chi connectivity index (χ2v) is 3.83. The number of pyridine rings is 1. The maximum atomic E-state index is 12.8. The molecule has 6 heteroatoms. The molecule has 0 aliphatic heterocycles. The quantitative estimate of drug-likeness (QED) is 0.764. The van der Waals surface area contributed by atoms with Crippen molar-refractivity contribution in [3.63, 3.8) is 0 Å².